The zero-order valence-corrected chi connectivity index (χ0v) is 14.5. The monoisotopic (exact) mass is 351 g/mol. The average molecular weight is 351 g/mol. The van der Waals surface area contributed by atoms with Crippen LogP contribution >= 0.6 is 0 Å². The van der Waals surface area contributed by atoms with E-state index in [1.807, 2.05) is 0 Å². The first-order chi connectivity index (χ1) is 11.5. The highest BCUT2D eigenvalue weighted by atomic mass is 32.2. The zero-order valence-electron chi connectivity index (χ0n) is 13.6. The summed E-state index contributed by atoms with van der Waals surface area (Å²) in [7, 11) is -3.19. The second-order valence-corrected chi connectivity index (χ2v) is 7.71. The van der Waals surface area contributed by atoms with Crippen molar-refractivity contribution in [3.63, 3.8) is 0 Å². The Kier molecular flexibility index (Phi) is 6.17. The molecule has 1 heterocycles. The highest BCUT2D eigenvalue weighted by Gasteiger charge is 2.27. The van der Waals surface area contributed by atoms with Crippen LogP contribution < -0.4 is 4.74 Å². The van der Waals surface area contributed by atoms with E-state index in [4.69, 9.17) is 10.00 Å². The largest absolute Gasteiger partial charge is 0.484 e. The molecule has 1 aliphatic rings. The SMILES string of the molecule is CCS(=O)(=O)N1CCN(C(=O)COc2ccc(CC#N)cc2)CC1. The maximum Gasteiger partial charge on any atom is 0.260 e. The molecular weight excluding hydrogens is 330 g/mol. The van der Waals surface area contributed by atoms with Crippen molar-refractivity contribution in [2.75, 3.05) is 38.5 Å². The Morgan fingerprint density at radius 3 is 2.38 bits per heavy atom. The number of hydrogen-bond donors (Lipinski definition) is 0. The van der Waals surface area contributed by atoms with E-state index in [2.05, 4.69) is 6.07 Å². The molecule has 0 spiro atoms. The second-order valence-electron chi connectivity index (χ2n) is 5.45. The molecular formula is C16H21N3O4S. The first-order valence-electron chi connectivity index (χ1n) is 7.80. The molecule has 0 saturated carbocycles. The van der Waals surface area contributed by atoms with E-state index in [0.29, 0.717) is 38.3 Å². The van der Waals surface area contributed by atoms with Crippen LogP contribution in [0.5, 0.6) is 5.75 Å². The molecule has 1 fully saturated rings. The van der Waals surface area contributed by atoms with E-state index in [9.17, 15) is 13.2 Å². The number of benzene rings is 1. The Morgan fingerprint density at radius 2 is 1.83 bits per heavy atom. The molecule has 0 aliphatic carbocycles. The fraction of sp³-hybridized carbons (Fsp3) is 0.500. The summed E-state index contributed by atoms with van der Waals surface area (Å²) in [5.74, 6) is 0.480. The van der Waals surface area contributed by atoms with Crippen LogP contribution in [0.2, 0.25) is 0 Å². The van der Waals surface area contributed by atoms with Gasteiger partial charge in [0.05, 0.1) is 18.2 Å². The molecule has 130 valence electrons. The van der Waals surface area contributed by atoms with Gasteiger partial charge in [-0.1, -0.05) is 12.1 Å². The third kappa shape index (κ3) is 4.69. The Bertz CT molecular complexity index is 702. The molecule has 0 radical (unpaired) electrons. The number of carbonyl (C=O) groups excluding carboxylic acids is 1. The minimum absolute atomic E-state index is 0.0753. The summed E-state index contributed by atoms with van der Waals surface area (Å²) in [6.45, 7) is 2.93. The maximum atomic E-state index is 12.2. The molecule has 0 bridgehead atoms. The van der Waals surface area contributed by atoms with Crippen molar-refractivity contribution < 1.29 is 17.9 Å². The van der Waals surface area contributed by atoms with Crippen molar-refractivity contribution in [3.8, 4) is 11.8 Å². The maximum absolute atomic E-state index is 12.2. The van der Waals surface area contributed by atoms with Gasteiger partial charge in [-0.2, -0.15) is 9.57 Å². The van der Waals surface area contributed by atoms with E-state index in [0.717, 1.165) is 5.56 Å². The van der Waals surface area contributed by atoms with Gasteiger partial charge >= 0.3 is 0 Å². The standard InChI is InChI=1S/C16H21N3O4S/c1-2-24(21,22)19-11-9-18(10-12-19)16(20)13-23-15-5-3-14(4-6-15)7-8-17/h3-6H,2,7,9-13H2,1H3. The zero-order chi connectivity index (χ0) is 17.6. The molecule has 0 atom stereocenters. The topological polar surface area (TPSA) is 90.7 Å². The second kappa shape index (κ2) is 8.13. The van der Waals surface area contributed by atoms with Crippen LogP contribution in [0.4, 0.5) is 0 Å². The molecule has 1 amide bonds. The molecule has 2 rings (SSSR count). The Morgan fingerprint density at radius 1 is 1.21 bits per heavy atom. The van der Waals surface area contributed by atoms with Gasteiger partial charge in [-0.15, -0.1) is 0 Å². The summed E-state index contributed by atoms with van der Waals surface area (Å²) < 4.78 is 30.5. The number of rotatable bonds is 6. The third-order valence-corrected chi connectivity index (χ3v) is 5.80. The summed E-state index contributed by atoms with van der Waals surface area (Å²) >= 11 is 0. The summed E-state index contributed by atoms with van der Waals surface area (Å²) in [5.41, 5.74) is 0.893. The molecule has 1 saturated heterocycles. The van der Waals surface area contributed by atoms with Gasteiger partial charge in [0.25, 0.3) is 5.91 Å². The van der Waals surface area contributed by atoms with Crippen molar-refractivity contribution in [1.82, 2.24) is 9.21 Å². The van der Waals surface area contributed by atoms with Crippen LogP contribution in [0.25, 0.3) is 0 Å². The fourth-order valence-corrected chi connectivity index (χ4v) is 3.51. The number of ether oxygens (including phenoxy) is 1. The molecule has 0 unspecified atom stereocenters. The molecule has 0 aromatic heterocycles. The third-order valence-electron chi connectivity index (χ3n) is 3.92. The van der Waals surface area contributed by atoms with Crippen molar-refractivity contribution in [1.29, 1.82) is 5.26 Å². The molecule has 24 heavy (non-hydrogen) atoms. The number of hydrogen-bond acceptors (Lipinski definition) is 5. The fourth-order valence-electron chi connectivity index (χ4n) is 2.43. The van der Waals surface area contributed by atoms with Gasteiger partial charge in [-0.3, -0.25) is 4.79 Å². The van der Waals surface area contributed by atoms with Crippen LogP contribution in [-0.2, 0) is 21.2 Å². The minimum atomic E-state index is -3.19. The van der Waals surface area contributed by atoms with Crippen LogP contribution in [0, 0.1) is 11.3 Å². The highest BCUT2D eigenvalue weighted by Crippen LogP contribution is 2.13. The molecule has 0 N–H and O–H groups in total. The molecule has 1 aromatic rings. The van der Waals surface area contributed by atoms with Crippen molar-refractivity contribution in [2.45, 2.75) is 13.3 Å². The van der Waals surface area contributed by atoms with E-state index < -0.39 is 10.0 Å². The van der Waals surface area contributed by atoms with Crippen LogP contribution in [-0.4, -0.2) is 62.1 Å². The van der Waals surface area contributed by atoms with Crippen LogP contribution in [0.3, 0.4) is 0 Å². The number of piperazine rings is 1. The molecule has 1 aromatic carbocycles. The van der Waals surface area contributed by atoms with Crippen LogP contribution in [0.15, 0.2) is 24.3 Å². The average Bonchev–Trinajstić information content (AvgIpc) is 2.61. The smallest absolute Gasteiger partial charge is 0.260 e. The van der Waals surface area contributed by atoms with Gasteiger partial charge in [-0.25, -0.2) is 8.42 Å². The van der Waals surface area contributed by atoms with Gasteiger partial charge in [0.2, 0.25) is 10.0 Å². The Balaban J connectivity index is 1.81. The summed E-state index contributed by atoms with van der Waals surface area (Å²) in [4.78, 5) is 13.8. The first-order valence-corrected chi connectivity index (χ1v) is 9.41. The van der Waals surface area contributed by atoms with E-state index >= 15 is 0 Å². The van der Waals surface area contributed by atoms with Crippen molar-refractivity contribution in [2.24, 2.45) is 0 Å². The number of carbonyl (C=O) groups is 1. The number of nitriles is 1. The van der Waals surface area contributed by atoms with E-state index in [-0.39, 0.29) is 18.3 Å². The summed E-state index contributed by atoms with van der Waals surface area (Å²) in [6.07, 6.45) is 0.337. The van der Waals surface area contributed by atoms with Crippen molar-refractivity contribution in [3.05, 3.63) is 29.8 Å². The number of nitrogens with zero attached hydrogens (tertiary/aromatic N) is 3. The lowest BCUT2D eigenvalue weighted by atomic mass is 10.2. The van der Waals surface area contributed by atoms with Crippen molar-refractivity contribution >= 4 is 15.9 Å². The van der Waals surface area contributed by atoms with Gasteiger partial charge in [0, 0.05) is 26.2 Å². The molecule has 8 heteroatoms. The normalized spacial score (nSPS) is 15.8. The summed E-state index contributed by atoms with van der Waals surface area (Å²) in [5, 5.41) is 8.62. The molecule has 1 aliphatic heterocycles. The minimum Gasteiger partial charge on any atom is -0.484 e. The van der Waals surface area contributed by atoms with Gasteiger partial charge in [0.1, 0.15) is 5.75 Å². The molecule has 7 nitrogen and oxygen atoms in total. The van der Waals surface area contributed by atoms with Gasteiger partial charge in [0.15, 0.2) is 6.61 Å². The van der Waals surface area contributed by atoms with Gasteiger partial charge < -0.3 is 9.64 Å². The Labute approximate surface area is 142 Å². The lowest BCUT2D eigenvalue weighted by Crippen LogP contribution is -2.51. The lowest BCUT2D eigenvalue weighted by Gasteiger charge is -2.33. The van der Waals surface area contributed by atoms with Crippen LogP contribution in [0.1, 0.15) is 12.5 Å². The summed E-state index contributed by atoms with van der Waals surface area (Å²) in [6, 6.07) is 9.10. The van der Waals surface area contributed by atoms with E-state index in [1.165, 1.54) is 4.31 Å². The Hall–Kier alpha value is -2.11. The highest BCUT2D eigenvalue weighted by molar-refractivity contribution is 7.89. The predicted octanol–water partition coefficient (Wildman–Crippen LogP) is 0.625. The van der Waals surface area contributed by atoms with E-state index in [1.54, 1.807) is 36.1 Å². The van der Waals surface area contributed by atoms with Gasteiger partial charge in [-0.05, 0) is 24.6 Å². The predicted molar refractivity (Wildman–Crippen MR) is 88.9 cm³/mol. The first kappa shape index (κ1) is 18.2. The quantitative estimate of drug-likeness (QED) is 0.749. The number of sulfonamides is 1. The number of amides is 1. The lowest BCUT2D eigenvalue weighted by molar-refractivity contribution is -0.134.